The summed E-state index contributed by atoms with van der Waals surface area (Å²) in [7, 11) is -3.03. The summed E-state index contributed by atoms with van der Waals surface area (Å²) in [6, 6.07) is 0. The second-order valence-electron chi connectivity index (χ2n) is 4.77. The van der Waals surface area contributed by atoms with Crippen LogP contribution in [0.25, 0.3) is 0 Å². The smallest absolute Gasteiger partial charge is 0.212 e. The third-order valence-corrected chi connectivity index (χ3v) is 5.18. The zero-order valence-corrected chi connectivity index (χ0v) is 9.69. The lowest BCUT2D eigenvalue weighted by molar-refractivity contribution is 0.392. The van der Waals surface area contributed by atoms with Crippen molar-refractivity contribution in [3.63, 3.8) is 0 Å². The van der Waals surface area contributed by atoms with Crippen molar-refractivity contribution in [2.75, 3.05) is 13.1 Å². The van der Waals surface area contributed by atoms with Crippen LogP contribution < -0.4 is 0 Å². The number of rotatable bonds is 2. The van der Waals surface area contributed by atoms with Gasteiger partial charge in [0.05, 0.1) is 4.75 Å². The van der Waals surface area contributed by atoms with E-state index in [1.54, 1.807) is 4.31 Å². The van der Waals surface area contributed by atoms with Crippen molar-refractivity contribution in [1.82, 2.24) is 4.31 Å². The monoisotopic (exact) mass is 205 g/mol. The van der Waals surface area contributed by atoms with E-state index in [-0.39, 0.29) is 0 Å². The second-order valence-corrected chi connectivity index (χ2v) is 7.34. The molecule has 0 aromatic heterocycles. The van der Waals surface area contributed by atoms with Gasteiger partial charge in [-0.05, 0) is 26.2 Å². The summed E-state index contributed by atoms with van der Waals surface area (Å²) in [5, 5.41) is 0. The molecular formula is C9H19NO2S. The Morgan fingerprint density at radius 2 is 1.92 bits per heavy atom. The van der Waals surface area contributed by atoms with E-state index < -0.39 is 14.8 Å². The molecule has 1 saturated heterocycles. The number of hydrogen-bond acceptors (Lipinski definition) is 2. The second kappa shape index (κ2) is 3.24. The molecular weight excluding hydrogens is 186 g/mol. The molecule has 0 aliphatic carbocycles. The Morgan fingerprint density at radius 3 is 2.23 bits per heavy atom. The molecule has 1 rings (SSSR count). The lowest BCUT2D eigenvalue weighted by Gasteiger charge is -2.21. The summed E-state index contributed by atoms with van der Waals surface area (Å²) in [5.74, 6) is 0.406. The van der Waals surface area contributed by atoms with Crippen LogP contribution in [0.3, 0.4) is 0 Å². The highest BCUT2D eigenvalue weighted by atomic mass is 32.2. The summed E-state index contributed by atoms with van der Waals surface area (Å²) in [6.07, 6.45) is 0.752. The molecule has 0 bridgehead atoms. The number of nitrogens with zero attached hydrogens (tertiary/aromatic N) is 1. The Labute approximate surface area is 81.2 Å². The standard InChI is InChI=1S/C9H19NO2S/c1-8(2)7-10-6-5-9(3,4)13(10,11)12/h8H,5-7H2,1-4H3. The lowest BCUT2D eigenvalue weighted by Crippen LogP contribution is -2.36. The number of sulfonamides is 1. The number of hydrogen-bond donors (Lipinski definition) is 0. The van der Waals surface area contributed by atoms with Crippen LogP contribution in [0.15, 0.2) is 0 Å². The predicted molar refractivity (Wildman–Crippen MR) is 54.0 cm³/mol. The van der Waals surface area contributed by atoms with Crippen LogP contribution in [-0.2, 0) is 10.0 Å². The topological polar surface area (TPSA) is 37.4 Å². The fraction of sp³-hybridized carbons (Fsp3) is 1.00. The molecule has 0 aromatic rings. The van der Waals surface area contributed by atoms with Crippen LogP contribution in [0.4, 0.5) is 0 Å². The van der Waals surface area contributed by atoms with Gasteiger partial charge in [0.25, 0.3) is 0 Å². The van der Waals surface area contributed by atoms with Gasteiger partial charge in [0.2, 0.25) is 10.0 Å². The zero-order chi connectivity index (χ0) is 10.3. The molecule has 1 fully saturated rings. The van der Waals surface area contributed by atoms with Crippen molar-refractivity contribution in [3.8, 4) is 0 Å². The van der Waals surface area contributed by atoms with Gasteiger partial charge in [-0.15, -0.1) is 0 Å². The van der Waals surface area contributed by atoms with Gasteiger partial charge in [0.1, 0.15) is 0 Å². The molecule has 78 valence electrons. The van der Waals surface area contributed by atoms with Crippen LogP contribution in [-0.4, -0.2) is 30.6 Å². The molecule has 0 spiro atoms. The fourth-order valence-electron chi connectivity index (χ4n) is 1.59. The molecule has 13 heavy (non-hydrogen) atoms. The predicted octanol–water partition coefficient (Wildman–Crippen LogP) is 1.46. The van der Waals surface area contributed by atoms with Crippen molar-refractivity contribution in [2.24, 2.45) is 5.92 Å². The first kappa shape index (κ1) is 11.0. The Balaban J connectivity index is 2.84. The van der Waals surface area contributed by atoms with Gasteiger partial charge in [-0.3, -0.25) is 0 Å². The maximum absolute atomic E-state index is 11.9. The summed E-state index contributed by atoms with van der Waals surface area (Å²) in [5.41, 5.74) is 0. The van der Waals surface area contributed by atoms with E-state index in [1.807, 2.05) is 27.7 Å². The molecule has 3 nitrogen and oxygen atoms in total. The molecule has 1 aliphatic heterocycles. The van der Waals surface area contributed by atoms with Crippen molar-refractivity contribution in [1.29, 1.82) is 0 Å². The first-order valence-electron chi connectivity index (χ1n) is 4.77. The molecule has 0 amide bonds. The van der Waals surface area contributed by atoms with Gasteiger partial charge >= 0.3 is 0 Å². The van der Waals surface area contributed by atoms with Gasteiger partial charge in [-0.2, -0.15) is 0 Å². The van der Waals surface area contributed by atoms with Crippen molar-refractivity contribution in [3.05, 3.63) is 0 Å². The lowest BCUT2D eigenvalue weighted by atomic mass is 10.1. The van der Waals surface area contributed by atoms with Gasteiger partial charge < -0.3 is 0 Å². The SMILES string of the molecule is CC(C)CN1CCC(C)(C)S1(=O)=O. The molecule has 0 radical (unpaired) electrons. The minimum atomic E-state index is -3.03. The van der Waals surface area contributed by atoms with Crippen LogP contribution >= 0.6 is 0 Å². The van der Waals surface area contributed by atoms with E-state index in [9.17, 15) is 8.42 Å². The normalized spacial score (nSPS) is 26.8. The Morgan fingerprint density at radius 1 is 1.38 bits per heavy atom. The molecule has 0 saturated carbocycles. The molecule has 0 atom stereocenters. The van der Waals surface area contributed by atoms with Crippen LogP contribution in [0.5, 0.6) is 0 Å². The summed E-state index contributed by atoms with van der Waals surface area (Å²) < 4.78 is 24.8. The molecule has 1 heterocycles. The zero-order valence-electron chi connectivity index (χ0n) is 8.87. The van der Waals surface area contributed by atoms with Gasteiger partial charge in [0, 0.05) is 13.1 Å². The Bertz CT molecular complexity index is 280. The maximum Gasteiger partial charge on any atom is 0.219 e. The molecule has 0 unspecified atom stereocenters. The average Bonchev–Trinajstić information content (AvgIpc) is 2.11. The van der Waals surface area contributed by atoms with Gasteiger partial charge in [-0.1, -0.05) is 13.8 Å². The largest absolute Gasteiger partial charge is 0.219 e. The quantitative estimate of drug-likeness (QED) is 0.684. The summed E-state index contributed by atoms with van der Waals surface area (Å²) in [4.78, 5) is 0. The Kier molecular flexibility index (Phi) is 2.74. The third-order valence-electron chi connectivity index (χ3n) is 2.57. The molecule has 4 heteroatoms. The van der Waals surface area contributed by atoms with Gasteiger partial charge in [0.15, 0.2) is 0 Å². The minimum Gasteiger partial charge on any atom is -0.212 e. The van der Waals surface area contributed by atoms with E-state index in [4.69, 9.17) is 0 Å². The van der Waals surface area contributed by atoms with E-state index in [1.165, 1.54) is 0 Å². The van der Waals surface area contributed by atoms with Crippen molar-refractivity contribution >= 4 is 10.0 Å². The first-order chi connectivity index (χ1) is 5.77. The highest BCUT2D eigenvalue weighted by Crippen LogP contribution is 2.32. The minimum absolute atomic E-state index is 0.406. The van der Waals surface area contributed by atoms with Crippen molar-refractivity contribution < 1.29 is 8.42 Å². The van der Waals surface area contributed by atoms with E-state index in [0.717, 1.165) is 6.42 Å². The molecule has 0 aromatic carbocycles. The molecule has 1 aliphatic rings. The molecule has 0 N–H and O–H groups in total. The third kappa shape index (κ3) is 1.89. The highest BCUT2D eigenvalue weighted by molar-refractivity contribution is 7.90. The summed E-state index contributed by atoms with van der Waals surface area (Å²) in [6.45, 7) is 9.05. The first-order valence-corrected chi connectivity index (χ1v) is 6.21. The van der Waals surface area contributed by atoms with Crippen LogP contribution in [0, 0.1) is 5.92 Å². The highest BCUT2D eigenvalue weighted by Gasteiger charge is 2.45. The van der Waals surface area contributed by atoms with Crippen LogP contribution in [0.1, 0.15) is 34.1 Å². The van der Waals surface area contributed by atoms with Gasteiger partial charge in [-0.25, -0.2) is 12.7 Å². The van der Waals surface area contributed by atoms with Crippen LogP contribution in [0.2, 0.25) is 0 Å². The van der Waals surface area contributed by atoms with E-state index >= 15 is 0 Å². The van der Waals surface area contributed by atoms with E-state index in [2.05, 4.69) is 0 Å². The Hall–Kier alpha value is -0.0900. The maximum atomic E-state index is 11.9. The summed E-state index contributed by atoms with van der Waals surface area (Å²) >= 11 is 0. The van der Waals surface area contributed by atoms with Crippen molar-refractivity contribution in [2.45, 2.75) is 38.9 Å². The van der Waals surface area contributed by atoms with E-state index in [0.29, 0.717) is 19.0 Å². The fourth-order valence-corrected chi connectivity index (χ4v) is 3.46. The average molecular weight is 205 g/mol.